The van der Waals surface area contributed by atoms with Crippen LogP contribution in [0.3, 0.4) is 0 Å². The predicted molar refractivity (Wildman–Crippen MR) is 65.9 cm³/mol. The van der Waals surface area contributed by atoms with E-state index in [1.165, 1.54) is 5.56 Å². The van der Waals surface area contributed by atoms with Crippen molar-refractivity contribution >= 4 is 5.90 Å². The lowest BCUT2D eigenvalue weighted by Crippen LogP contribution is -2.03. The summed E-state index contributed by atoms with van der Waals surface area (Å²) < 4.78 is 5.59. The summed E-state index contributed by atoms with van der Waals surface area (Å²) in [6.07, 6.45) is 1.75. The summed E-state index contributed by atoms with van der Waals surface area (Å²) in [4.78, 5) is 8.79. The van der Waals surface area contributed by atoms with E-state index in [4.69, 9.17) is 4.74 Å². The molecule has 0 amide bonds. The zero-order valence-electron chi connectivity index (χ0n) is 9.28. The van der Waals surface area contributed by atoms with Crippen molar-refractivity contribution in [2.24, 2.45) is 4.99 Å². The van der Waals surface area contributed by atoms with Gasteiger partial charge in [-0.15, -0.1) is 0 Å². The number of aromatic nitrogens is 1. The molecule has 17 heavy (non-hydrogen) atoms. The molecular weight excluding hydrogens is 212 g/mol. The van der Waals surface area contributed by atoms with E-state index in [1.807, 2.05) is 36.4 Å². The van der Waals surface area contributed by atoms with Gasteiger partial charge < -0.3 is 4.74 Å². The zero-order chi connectivity index (χ0) is 11.5. The monoisotopic (exact) mass is 224 g/mol. The van der Waals surface area contributed by atoms with Gasteiger partial charge in [-0.2, -0.15) is 0 Å². The molecule has 3 heteroatoms. The standard InChI is InChI=1S/C14H12N2O/c1-2-6-11(7-3-1)13-10-17-14(16-13)12-8-4-5-9-15-12/h1-9,13H,10H2/t13-/m1/s1. The maximum atomic E-state index is 5.59. The van der Waals surface area contributed by atoms with Gasteiger partial charge in [0.15, 0.2) is 0 Å². The summed E-state index contributed by atoms with van der Waals surface area (Å²) in [6.45, 7) is 0.593. The molecule has 1 atom stereocenters. The molecule has 3 rings (SSSR count). The molecule has 0 unspecified atom stereocenters. The predicted octanol–water partition coefficient (Wildman–Crippen LogP) is 2.60. The summed E-state index contributed by atoms with van der Waals surface area (Å²) >= 11 is 0. The Balaban J connectivity index is 1.87. The first-order valence-corrected chi connectivity index (χ1v) is 5.60. The molecule has 0 saturated carbocycles. The van der Waals surface area contributed by atoms with Crippen LogP contribution in [-0.2, 0) is 4.74 Å². The van der Waals surface area contributed by atoms with Gasteiger partial charge in [0.1, 0.15) is 18.3 Å². The highest BCUT2D eigenvalue weighted by Crippen LogP contribution is 2.24. The van der Waals surface area contributed by atoms with E-state index in [1.54, 1.807) is 6.20 Å². The molecule has 0 spiro atoms. The van der Waals surface area contributed by atoms with Gasteiger partial charge in [0.25, 0.3) is 0 Å². The lowest BCUT2D eigenvalue weighted by Gasteiger charge is -2.03. The quantitative estimate of drug-likeness (QED) is 0.785. The van der Waals surface area contributed by atoms with E-state index in [-0.39, 0.29) is 6.04 Å². The third kappa shape index (κ3) is 2.04. The number of ether oxygens (including phenoxy) is 1. The SMILES string of the molecule is c1ccc([C@H]2COC(c3ccccn3)=N2)cc1. The number of hydrogen-bond acceptors (Lipinski definition) is 3. The summed E-state index contributed by atoms with van der Waals surface area (Å²) in [7, 11) is 0. The Morgan fingerprint density at radius 1 is 1.00 bits per heavy atom. The van der Waals surface area contributed by atoms with Crippen molar-refractivity contribution < 1.29 is 4.74 Å². The molecule has 2 aromatic rings. The van der Waals surface area contributed by atoms with Gasteiger partial charge in [-0.1, -0.05) is 36.4 Å². The third-order valence-electron chi connectivity index (χ3n) is 2.72. The van der Waals surface area contributed by atoms with E-state index < -0.39 is 0 Å². The maximum absolute atomic E-state index is 5.59. The highest BCUT2D eigenvalue weighted by Gasteiger charge is 2.21. The average molecular weight is 224 g/mol. The molecule has 84 valence electrons. The zero-order valence-corrected chi connectivity index (χ0v) is 9.28. The van der Waals surface area contributed by atoms with E-state index in [0.717, 1.165) is 5.69 Å². The van der Waals surface area contributed by atoms with Gasteiger partial charge in [0.05, 0.1) is 0 Å². The van der Waals surface area contributed by atoms with Gasteiger partial charge in [-0.25, -0.2) is 4.99 Å². The highest BCUT2D eigenvalue weighted by atomic mass is 16.5. The van der Waals surface area contributed by atoms with Gasteiger partial charge in [-0.3, -0.25) is 4.98 Å². The number of rotatable bonds is 2. The third-order valence-corrected chi connectivity index (χ3v) is 2.72. The molecule has 1 aromatic heterocycles. The smallest absolute Gasteiger partial charge is 0.236 e. The molecule has 1 aliphatic heterocycles. The van der Waals surface area contributed by atoms with Gasteiger partial charge in [0, 0.05) is 6.20 Å². The second kappa shape index (κ2) is 4.37. The van der Waals surface area contributed by atoms with Crippen LogP contribution in [0.25, 0.3) is 0 Å². The van der Waals surface area contributed by atoms with Crippen LogP contribution < -0.4 is 0 Å². The molecule has 2 heterocycles. The van der Waals surface area contributed by atoms with Crippen molar-refractivity contribution in [3.05, 3.63) is 66.0 Å². The number of aliphatic imine (C=N–C) groups is 1. The van der Waals surface area contributed by atoms with Gasteiger partial charge in [-0.05, 0) is 17.7 Å². The van der Waals surface area contributed by atoms with Crippen LogP contribution in [0.4, 0.5) is 0 Å². The average Bonchev–Trinajstić information content (AvgIpc) is 2.90. The lowest BCUT2D eigenvalue weighted by atomic mass is 10.1. The summed E-state index contributed by atoms with van der Waals surface area (Å²) in [6, 6.07) is 16.0. The first-order valence-electron chi connectivity index (χ1n) is 5.60. The molecule has 0 bridgehead atoms. The van der Waals surface area contributed by atoms with Crippen molar-refractivity contribution in [2.75, 3.05) is 6.61 Å². The number of benzene rings is 1. The molecule has 0 saturated heterocycles. The molecule has 1 aromatic carbocycles. The van der Waals surface area contributed by atoms with Crippen LogP contribution in [0, 0.1) is 0 Å². The first kappa shape index (κ1) is 10.0. The molecule has 1 aliphatic rings. The summed E-state index contributed by atoms with van der Waals surface area (Å²) in [5.41, 5.74) is 1.98. The minimum absolute atomic E-state index is 0.0909. The second-order valence-electron chi connectivity index (χ2n) is 3.89. The molecule has 3 nitrogen and oxygen atoms in total. The Hall–Kier alpha value is -2.16. The fourth-order valence-electron chi connectivity index (χ4n) is 1.85. The maximum Gasteiger partial charge on any atom is 0.236 e. The topological polar surface area (TPSA) is 34.5 Å². The molecule has 0 radical (unpaired) electrons. The Kier molecular flexibility index (Phi) is 2.58. The van der Waals surface area contributed by atoms with Crippen LogP contribution in [0.2, 0.25) is 0 Å². The van der Waals surface area contributed by atoms with Crippen molar-refractivity contribution in [3.8, 4) is 0 Å². The lowest BCUT2D eigenvalue weighted by molar-refractivity contribution is 0.319. The van der Waals surface area contributed by atoms with E-state index in [0.29, 0.717) is 12.5 Å². The Labute approximate surface area is 99.8 Å². The highest BCUT2D eigenvalue weighted by molar-refractivity contribution is 5.93. The van der Waals surface area contributed by atoms with E-state index in [2.05, 4.69) is 22.1 Å². The van der Waals surface area contributed by atoms with Gasteiger partial charge >= 0.3 is 0 Å². The fraction of sp³-hybridized carbons (Fsp3) is 0.143. The number of nitrogens with zero attached hydrogens (tertiary/aromatic N) is 2. The van der Waals surface area contributed by atoms with Crippen LogP contribution in [0.15, 0.2) is 59.7 Å². The van der Waals surface area contributed by atoms with Crippen LogP contribution in [-0.4, -0.2) is 17.5 Å². The van der Waals surface area contributed by atoms with Crippen LogP contribution in [0.5, 0.6) is 0 Å². The van der Waals surface area contributed by atoms with Crippen LogP contribution >= 0.6 is 0 Å². The van der Waals surface area contributed by atoms with Crippen molar-refractivity contribution in [2.45, 2.75) is 6.04 Å². The number of pyridine rings is 1. The largest absolute Gasteiger partial charge is 0.474 e. The Morgan fingerprint density at radius 3 is 2.59 bits per heavy atom. The normalized spacial score (nSPS) is 18.6. The molecule has 0 fully saturated rings. The molecule has 0 aliphatic carbocycles. The fourth-order valence-corrected chi connectivity index (χ4v) is 1.85. The Morgan fingerprint density at radius 2 is 1.82 bits per heavy atom. The van der Waals surface area contributed by atoms with Crippen LogP contribution in [0.1, 0.15) is 17.3 Å². The molecule has 0 N–H and O–H groups in total. The van der Waals surface area contributed by atoms with Crippen molar-refractivity contribution in [1.29, 1.82) is 0 Å². The Bertz CT molecular complexity index is 522. The van der Waals surface area contributed by atoms with Crippen molar-refractivity contribution in [1.82, 2.24) is 4.98 Å². The number of hydrogen-bond donors (Lipinski definition) is 0. The van der Waals surface area contributed by atoms with E-state index >= 15 is 0 Å². The summed E-state index contributed by atoms with van der Waals surface area (Å²) in [5, 5.41) is 0. The molecular formula is C14H12N2O. The first-order chi connectivity index (χ1) is 8.43. The second-order valence-corrected chi connectivity index (χ2v) is 3.89. The summed E-state index contributed by atoms with van der Waals surface area (Å²) in [5.74, 6) is 0.638. The van der Waals surface area contributed by atoms with Gasteiger partial charge in [0.2, 0.25) is 5.90 Å². The van der Waals surface area contributed by atoms with E-state index in [9.17, 15) is 0 Å². The van der Waals surface area contributed by atoms with Crippen molar-refractivity contribution in [3.63, 3.8) is 0 Å². The minimum atomic E-state index is 0.0909. The minimum Gasteiger partial charge on any atom is -0.474 e.